The summed E-state index contributed by atoms with van der Waals surface area (Å²) in [4.78, 5) is 10.1. The second-order valence-electron chi connectivity index (χ2n) is 3.97. The van der Waals surface area contributed by atoms with Crippen molar-refractivity contribution in [1.29, 1.82) is 0 Å². The molecule has 5 nitrogen and oxygen atoms in total. The molecule has 0 aliphatic carbocycles. The molecule has 0 amide bonds. The van der Waals surface area contributed by atoms with Crippen molar-refractivity contribution in [3.63, 3.8) is 0 Å². The van der Waals surface area contributed by atoms with Crippen LogP contribution in [0.5, 0.6) is 5.88 Å². The van der Waals surface area contributed by atoms with Crippen LogP contribution in [-0.2, 0) is 0 Å². The number of para-hydroxylation sites is 1. The molecule has 0 saturated carbocycles. The zero-order valence-corrected chi connectivity index (χ0v) is 10.7. The van der Waals surface area contributed by atoms with Gasteiger partial charge in [0.15, 0.2) is 5.82 Å². The van der Waals surface area contributed by atoms with E-state index < -0.39 is 0 Å². The molecule has 0 bridgehead atoms. The number of ether oxygens (including phenoxy) is 1. The van der Waals surface area contributed by atoms with Gasteiger partial charge in [0.1, 0.15) is 12.0 Å². The van der Waals surface area contributed by atoms with Gasteiger partial charge in [0, 0.05) is 12.7 Å². The summed E-state index contributed by atoms with van der Waals surface area (Å²) in [6.45, 7) is 2.04. The van der Waals surface area contributed by atoms with Crippen LogP contribution in [0.25, 0.3) is 0 Å². The number of aryl methyl sites for hydroxylation is 1. The Labute approximate surface area is 106 Å². The molecule has 1 aromatic carbocycles. The normalized spacial score (nSPS) is 10.2. The summed E-state index contributed by atoms with van der Waals surface area (Å²) >= 11 is 0. The van der Waals surface area contributed by atoms with Crippen LogP contribution >= 0.6 is 0 Å². The Balaban J connectivity index is 2.47. The van der Waals surface area contributed by atoms with E-state index in [2.05, 4.69) is 9.97 Å². The van der Waals surface area contributed by atoms with E-state index in [1.165, 1.54) is 13.4 Å². The second kappa shape index (κ2) is 4.91. The summed E-state index contributed by atoms with van der Waals surface area (Å²) in [5.41, 5.74) is 8.62. The Morgan fingerprint density at radius 1 is 1.22 bits per heavy atom. The van der Waals surface area contributed by atoms with E-state index in [1.54, 1.807) is 0 Å². The van der Waals surface area contributed by atoms with Crippen molar-refractivity contribution in [2.24, 2.45) is 0 Å². The van der Waals surface area contributed by atoms with Gasteiger partial charge >= 0.3 is 0 Å². The van der Waals surface area contributed by atoms with E-state index in [4.69, 9.17) is 10.5 Å². The molecule has 2 aromatic rings. The number of rotatable bonds is 3. The minimum absolute atomic E-state index is 0.389. The number of anilines is 3. The van der Waals surface area contributed by atoms with Gasteiger partial charge in [-0.3, -0.25) is 0 Å². The van der Waals surface area contributed by atoms with Crippen LogP contribution in [0.4, 0.5) is 17.2 Å². The molecule has 0 saturated heterocycles. The molecule has 0 atom stereocenters. The lowest BCUT2D eigenvalue weighted by atomic mass is 10.2. The Hall–Kier alpha value is -2.30. The maximum atomic E-state index is 5.99. The highest BCUT2D eigenvalue weighted by Crippen LogP contribution is 2.32. The average Bonchev–Trinajstić information content (AvgIpc) is 2.39. The standard InChI is InChI=1S/C13H16N4O/c1-9-6-4-5-7-10(9)17(2)12-11(14)13(18-3)16-8-15-12/h4-8H,14H2,1-3H3. The summed E-state index contributed by atoms with van der Waals surface area (Å²) in [6, 6.07) is 8.04. The highest BCUT2D eigenvalue weighted by Gasteiger charge is 2.14. The Bertz CT molecular complexity index is 556. The molecule has 1 aromatic heterocycles. The van der Waals surface area contributed by atoms with Gasteiger partial charge < -0.3 is 15.4 Å². The molecule has 94 valence electrons. The minimum atomic E-state index is 0.389. The molecule has 2 N–H and O–H groups in total. The predicted octanol–water partition coefficient (Wildman–Crippen LogP) is 2.14. The highest BCUT2D eigenvalue weighted by atomic mass is 16.5. The van der Waals surface area contributed by atoms with E-state index in [0.717, 1.165) is 11.3 Å². The monoisotopic (exact) mass is 244 g/mol. The third-order valence-electron chi connectivity index (χ3n) is 2.81. The molecule has 0 aliphatic rings. The van der Waals surface area contributed by atoms with Gasteiger partial charge in [0.05, 0.1) is 7.11 Å². The van der Waals surface area contributed by atoms with Crippen LogP contribution in [0, 0.1) is 6.92 Å². The number of methoxy groups -OCH3 is 1. The third kappa shape index (κ3) is 2.07. The molecule has 0 aliphatic heterocycles. The van der Waals surface area contributed by atoms with Gasteiger partial charge in [-0.25, -0.2) is 4.98 Å². The molecule has 5 heteroatoms. The molecule has 1 heterocycles. The number of benzene rings is 1. The summed E-state index contributed by atoms with van der Waals surface area (Å²) in [5.74, 6) is 1.02. The lowest BCUT2D eigenvalue weighted by Crippen LogP contribution is -2.15. The van der Waals surface area contributed by atoms with Crippen molar-refractivity contribution in [3.8, 4) is 5.88 Å². The Morgan fingerprint density at radius 3 is 2.61 bits per heavy atom. The van der Waals surface area contributed by atoms with E-state index >= 15 is 0 Å². The molecular formula is C13H16N4O. The van der Waals surface area contributed by atoms with Crippen LogP contribution in [0.1, 0.15) is 5.56 Å². The number of aromatic nitrogens is 2. The van der Waals surface area contributed by atoms with Gasteiger partial charge in [-0.15, -0.1) is 0 Å². The topological polar surface area (TPSA) is 64.3 Å². The fourth-order valence-corrected chi connectivity index (χ4v) is 1.85. The quantitative estimate of drug-likeness (QED) is 0.896. The first-order chi connectivity index (χ1) is 8.65. The maximum Gasteiger partial charge on any atom is 0.242 e. The predicted molar refractivity (Wildman–Crippen MR) is 72.2 cm³/mol. The number of hydrogen-bond acceptors (Lipinski definition) is 5. The molecule has 2 rings (SSSR count). The second-order valence-corrected chi connectivity index (χ2v) is 3.97. The molecule has 18 heavy (non-hydrogen) atoms. The number of nitrogen functional groups attached to an aromatic ring is 1. The average molecular weight is 244 g/mol. The van der Waals surface area contributed by atoms with E-state index in [-0.39, 0.29) is 0 Å². The first-order valence-electron chi connectivity index (χ1n) is 5.59. The summed E-state index contributed by atoms with van der Waals surface area (Å²) in [6.07, 6.45) is 1.44. The summed E-state index contributed by atoms with van der Waals surface area (Å²) in [5, 5.41) is 0. The lowest BCUT2D eigenvalue weighted by molar-refractivity contribution is 0.399. The lowest BCUT2D eigenvalue weighted by Gasteiger charge is -2.22. The molecule has 0 unspecified atom stereocenters. The van der Waals surface area contributed by atoms with Gasteiger partial charge in [-0.05, 0) is 18.6 Å². The number of nitrogens with zero attached hydrogens (tertiary/aromatic N) is 3. The molecule has 0 radical (unpaired) electrons. The fraction of sp³-hybridized carbons (Fsp3) is 0.231. The van der Waals surface area contributed by atoms with Crippen LogP contribution < -0.4 is 15.4 Å². The number of hydrogen-bond donors (Lipinski definition) is 1. The van der Waals surface area contributed by atoms with Gasteiger partial charge in [0.25, 0.3) is 0 Å². The first-order valence-corrected chi connectivity index (χ1v) is 5.59. The smallest absolute Gasteiger partial charge is 0.242 e. The first kappa shape index (κ1) is 12.2. The van der Waals surface area contributed by atoms with Gasteiger partial charge in [-0.1, -0.05) is 18.2 Å². The minimum Gasteiger partial charge on any atom is -0.479 e. The van der Waals surface area contributed by atoms with Crippen molar-refractivity contribution in [2.75, 3.05) is 24.8 Å². The molecule has 0 fully saturated rings. The Kier molecular flexibility index (Phi) is 3.32. The van der Waals surface area contributed by atoms with Crippen molar-refractivity contribution < 1.29 is 4.74 Å². The van der Waals surface area contributed by atoms with Crippen LogP contribution in [0.15, 0.2) is 30.6 Å². The van der Waals surface area contributed by atoms with E-state index in [0.29, 0.717) is 17.4 Å². The zero-order chi connectivity index (χ0) is 13.1. The number of nitrogens with two attached hydrogens (primary N) is 1. The Morgan fingerprint density at radius 2 is 1.94 bits per heavy atom. The largest absolute Gasteiger partial charge is 0.479 e. The SMILES string of the molecule is COc1ncnc(N(C)c2ccccc2C)c1N. The van der Waals surface area contributed by atoms with Crippen LogP contribution in [0.2, 0.25) is 0 Å². The molecular weight excluding hydrogens is 228 g/mol. The van der Waals surface area contributed by atoms with Crippen molar-refractivity contribution >= 4 is 17.2 Å². The van der Waals surface area contributed by atoms with Crippen molar-refractivity contribution in [1.82, 2.24) is 9.97 Å². The highest BCUT2D eigenvalue weighted by molar-refractivity contribution is 5.74. The van der Waals surface area contributed by atoms with Crippen molar-refractivity contribution in [3.05, 3.63) is 36.2 Å². The summed E-state index contributed by atoms with van der Waals surface area (Å²) in [7, 11) is 3.46. The van der Waals surface area contributed by atoms with Crippen LogP contribution in [0.3, 0.4) is 0 Å². The van der Waals surface area contributed by atoms with Crippen molar-refractivity contribution in [2.45, 2.75) is 6.92 Å². The zero-order valence-electron chi connectivity index (χ0n) is 10.7. The third-order valence-corrected chi connectivity index (χ3v) is 2.81. The van der Waals surface area contributed by atoms with Gasteiger partial charge in [0.2, 0.25) is 5.88 Å². The van der Waals surface area contributed by atoms with E-state index in [1.807, 2.05) is 43.1 Å². The fourth-order valence-electron chi connectivity index (χ4n) is 1.85. The maximum absolute atomic E-state index is 5.99. The summed E-state index contributed by atoms with van der Waals surface area (Å²) < 4.78 is 5.10. The van der Waals surface area contributed by atoms with Crippen LogP contribution in [-0.4, -0.2) is 24.1 Å². The van der Waals surface area contributed by atoms with E-state index in [9.17, 15) is 0 Å². The molecule has 0 spiro atoms. The van der Waals surface area contributed by atoms with Gasteiger partial charge in [-0.2, -0.15) is 4.98 Å².